The van der Waals surface area contributed by atoms with Crippen LogP contribution in [0.15, 0.2) is 70.2 Å². The number of ether oxygens (including phenoxy) is 2. The summed E-state index contributed by atoms with van der Waals surface area (Å²) in [5.74, 6) is -1.28. The fourth-order valence-electron chi connectivity index (χ4n) is 3.29. The molecule has 3 rings (SSSR count). The van der Waals surface area contributed by atoms with Crippen LogP contribution in [0.2, 0.25) is 0 Å². The summed E-state index contributed by atoms with van der Waals surface area (Å²) in [6.07, 6.45) is 1.37. The van der Waals surface area contributed by atoms with Crippen molar-refractivity contribution >= 4 is 45.6 Å². The number of carbonyl (C=O) groups is 3. The first-order chi connectivity index (χ1) is 18.3. The van der Waals surface area contributed by atoms with Crippen molar-refractivity contribution in [3.63, 3.8) is 0 Å². The lowest BCUT2D eigenvalue weighted by atomic mass is 10.1. The van der Waals surface area contributed by atoms with Crippen molar-refractivity contribution in [1.29, 1.82) is 0 Å². The number of nitrogens with zero attached hydrogens (tertiary/aromatic N) is 1. The minimum atomic E-state index is -0.893. The van der Waals surface area contributed by atoms with Gasteiger partial charge < -0.3 is 20.1 Å². The van der Waals surface area contributed by atoms with Crippen LogP contribution < -0.4 is 25.5 Å². The van der Waals surface area contributed by atoms with Crippen LogP contribution in [-0.2, 0) is 20.9 Å². The molecule has 0 aliphatic carbocycles. The maximum Gasteiger partial charge on any atom is 0.329 e. The lowest BCUT2D eigenvalue weighted by Crippen LogP contribution is -2.37. The zero-order chi connectivity index (χ0) is 27.5. The molecule has 3 amide bonds. The van der Waals surface area contributed by atoms with E-state index in [1.54, 1.807) is 12.1 Å². The van der Waals surface area contributed by atoms with E-state index in [-0.39, 0.29) is 19.1 Å². The summed E-state index contributed by atoms with van der Waals surface area (Å²) in [4.78, 5) is 36.5. The van der Waals surface area contributed by atoms with Crippen molar-refractivity contribution in [3.8, 4) is 11.5 Å². The molecule has 9 nitrogen and oxygen atoms in total. The minimum absolute atomic E-state index is 0.228. The number of benzene rings is 3. The van der Waals surface area contributed by atoms with Gasteiger partial charge in [-0.15, -0.1) is 0 Å². The number of hydrogen-bond acceptors (Lipinski definition) is 6. The van der Waals surface area contributed by atoms with Crippen LogP contribution in [0.4, 0.5) is 5.69 Å². The van der Waals surface area contributed by atoms with Crippen LogP contribution in [0.5, 0.6) is 11.5 Å². The maximum absolute atomic E-state index is 12.4. The molecular weight excluding hydrogens is 552 g/mol. The van der Waals surface area contributed by atoms with Crippen LogP contribution in [0.3, 0.4) is 0 Å². The number of carbonyl (C=O) groups excluding carboxylic acids is 3. The molecule has 0 saturated heterocycles. The van der Waals surface area contributed by atoms with Crippen LogP contribution in [0.25, 0.3) is 0 Å². The average Bonchev–Trinajstić information content (AvgIpc) is 2.89. The number of halogens is 1. The van der Waals surface area contributed by atoms with Crippen LogP contribution in [0, 0.1) is 13.8 Å². The second-order valence-electron chi connectivity index (χ2n) is 8.27. The number of aryl methyl sites for hydroxylation is 2. The molecule has 3 aromatic carbocycles. The SMILES string of the molecule is CCOc1cc(/C=N\NC(=O)C(=O)NCc2ccccc2)cc(Br)c1OCC(=O)Nc1ccc(C)c(C)c1. The van der Waals surface area contributed by atoms with Gasteiger partial charge in [-0.05, 0) is 83.2 Å². The van der Waals surface area contributed by atoms with Gasteiger partial charge in [-0.2, -0.15) is 5.10 Å². The van der Waals surface area contributed by atoms with Gasteiger partial charge in [0.25, 0.3) is 5.91 Å². The summed E-state index contributed by atoms with van der Waals surface area (Å²) in [6, 6.07) is 18.2. The van der Waals surface area contributed by atoms with E-state index in [4.69, 9.17) is 9.47 Å². The quantitative estimate of drug-likeness (QED) is 0.188. The van der Waals surface area contributed by atoms with E-state index in [0.29, 0.717) is 33.8 Å². The summed E-state index contributed by atoms with van der Waals surface area (Å²) >= 11 is 3.44. The summed E-state index contributed by atoms with van der Waals surface area (Å²) in [5.41, 5.74) is 6.54. The second-order valence-corrected chi connectivity index (χ2v) is 9.12. The van der Waals surface area contributed by atoms with Gasteiger partial charge in [0.1, 0.15) is 0 Å². The Bertz CT molecular complexity index is 1330. The predicted octanol–water partition coefficient (Wildman–Crippen LogP) is 4.25. The van der Waals surface area contributed by atoms with Crippen LogP contribution in [-0.4, -0.2) is 37.1 Å². The van der Waals surface area contributed by atoms with Gasteiger partial charge in [0.2, 0.25) is 0 Å². The number of nitrogens with one attached hydrogen (secondary N) is 3. The molecule has 0 bridgehead atoms. The molecule has 3 aromatic rings. The standard InChI is InChI=1S/C28H29BrN4O5/c1-4-37-24-14-21(16-31-33-28(36)27(35)30-15-20-8-6-5-7-9-20)13-23(29)26(24)38-17-25(34)32-22-11-10-18(2)19(3)12-22/h5-14,16H,4,15,17H2,1-3H3,(H,30,35)(H,32,34)(H,33,36)/b31-16-. The van der Waals surface area contributed by atoms with E-state index in [1.807, 2.05) is 69.3 Å². The fraction of sp³-hybridized carbons (Fsp3) is 0.214. The Labute approximate surface area is 229 Å². The van der Waals surface area contributed by atoms with Crippen molar-refractivity contribution in [3.05, 3.63) is 87.4 Å². The number of amides is 3. The molecule has 0 atom stereocenters. The maximum atomic E-state index is 12.4. The highest BCUT2D eigenvalue weighted by Gasteiger charge is 2.15. The summed E-state index contributed by atoms with van der Waals surface area (Å²) in [7, 11) is 0. The van der Waals surface area contributed by atoms with Gasteiger partial charge in [0.15, 0.2) is 18.1 Å². The fourth-order valence-corrected chi connectivity index (χ4v) is 3.87. The molecule has 0 fully saturated rings. The highest BCUT2D eigenvalue weighted by atomic mass is 79.9. The third kappa shape index (κ3) is 8.45. The Kier molecular flexibility index (Phi) is 10.4. The molecule has 0 aliphatic rings. The smallest absolute Gasteiger partial charge is 0.329 e. The lowest BCUT2D eigenvalue weighted by molar-refractivity contribution is -0.139. The number of hydrazone groups is 1. The van der Waals surface area contributed by atoms with E-state index in [0.717, 1.165) is 16.7 Å². The molecule has 38 heavy (non-hydrogen) atoms. The molecular formula is C28H29BrN4O5. The predicted molar refractivity (Wildman–Crippen MR) is 149 cm³/mol. The zero-order valence-electron chi connectivity index (χ0n) is 21.3. The van der Waals surface area contributed by atoms with Crippen LogP contribution in [0.1, 0.15) is 29.2 Å². The zero-order valence-corrected chi connectivity index (χ0v) is 22.9. The van der Waals surface area contributed by atoms with Crippen molar-refractivity contribution in [2.24, 2.45) is 5.10 Å². The molecule has 10 heteroatoms. The molecule has 0 saturated carbocycles. The first-order valence-electron chi connectivity index (χ1n) is 11.9. The first kappa shape index (κ1) is 28.4. The Balaban J connectivity index is 1.58. The highest BCUT2D eigenvalue weighted by molar-refractivity contribution is 9.10. The Hall–Kier alpha value is -4.18. The Morgan fingerprint density at radius 3 is 2.42 bits per heavy atom. The highest BCUT2D eigenvalue weighted by Crippen LogP contribution is 2.36. The number of rotatable bonds is 10. The molecule has 0 aliphatic heterocycles. The molecule has 3 N–H and O–H groups in total. The molecule has 0 aromatic heterocycles. The summed E-state index contributed by atoms with van der Waals surface area (Å²) < 4.78 is 12.0. The summed E-state index contributed by atoms with van der Waals surface area (Å²) in [6.45, 7) is 6.15. The van der Waals surface area contributed by atoms with Gasteiger partial charge in [-0.25, -0.2) is 5.43 Å². The number of anilines is 1. The largest absolute Gasteiger partial charge is 0.490 e. The van der Waals surface area contributed by atoms with E-state index < -0.39 is 11.8 Å². The molecule has 0 unspecified atom stereocenters. The van der Waals surface area contributed by atoms with E-state index in [1.165, 1.54) is 6.21 Å². The topological polar surface area (TPSA) is 118 Å². The normalized spacial score (nSPS) is 10.6. The summed E-state index contributed by atoms with van der Waals surface area (Å²) in [5, 5.41) is 9.20. The monoisotopic (exact) mass is 580 g/mol. The Morgan fingerprint density at radius 2 is 1.71 bits per heavy atom. The number of hydrogen-bond donors (Lipinski definition) is 3. The van der Waals surface area contributed by atoms with Crippen LogP contribution >= 0.6 is 15.9 Å². The van der Waals surface area contributed by atoms with Gasteiger partial charge in [0, 0.05) is 12.2 Å². The van der Waals surface area contributed by atoms with Gasteiger partial charge >= 0.3 is 11.8 Å². The van der Waals surface area contributed by atoms with Gasteiger partial charge in [-0.3, -0.25) is 14.4 Å². The third-order valence-electron chi connectivity index (χ3n) is 5.35. The molecule has 0 radical (unpaired) electrons. The molecule has 0 heterocycles. The van der Waals surface area contributed by atoms with Crippen molar-refractivity contribution in [1.82, 2.24) is 10.7 Å². The molecule has 0 spiro atoms. The second kappa shape index (κ2) is 13.9. The minimum Gasteiger partial charge on any atom is -0.490 e. The Morgan fingerprint density at radius 1 is 0.947 bits per heavy atom. The van der Waals surface area contributed by atoms with Crippen molar-refractivity contribution in [2.45, 2.75) is 27.3 Å². The van der Waals surface area contributed by atoms with E-state index in [2.05, 4.69) is 37.1 Å². The average molecular weight is 581 g/mol. The third-order valence-corrected chi connectivity index (χ3v) is 5.94. The van der Waals surface area contributed by atoms with Gasteiger partial charge in [0.05, 0.1) is 17.3 Å². The van der Waals surface area contributed by atoms with Crippen molar-refractivity contribution < 1.29 is 23.9 Å². The van der Waals surface area contributed by atoms with Crippen molar-refractivity contribution in [2.75, 3.05) is 18.5 Å². The van der Waals surface area contributed by atoms with E-state index in [9.17, 15) is 14.4 Å². The first-order valence-corrected chi connectivity index (χ1v) is 12.7. The van der Waals surface area contributed by atoms with Gasteiger partial charge in [-0.1, -0.05) is 36.4 Å². The van der Waals surface area contributed by atoms with E-state index >= 15 is 0 Å². The molecule has 198 valence electrons. The lowest BCUT2D eigenvalue weighted by Gasteiger charge is -2.15.